The standard InChI is InChI=1S/C69H101N21O10/c1-7-38(5)56(64(97)86-52(30-37(3)4)61(94)88-55(66(99)100)33-42-36-82-49-24-14-11-20-45(42)49)90-63(96)54(32-41-35-81-48-23-13-10-19-44(41)48)87-65(98)57(39(6)8-2)89-62(95)53(31-40-34-80-47-22-12-9-18-43(40)47)85-60(93)51(26-17-29-79-69(75)76)84-59(92)50(25-16-28-78-68(73)74)83-58(91)46(70)21-15-27-77-67(71)72/h9-14,18-20,22-24,34-39,46,50-57,80-82H,7-8,15-17,21,25-33,70H2,1-6H3,(H,83,91)(H,84,92)(H,85,93)(H,86,97)(H,87,98)(H,88,94)(H,89,95)(H,90,96)(H,99,100)(H4,71,72,77)(H4,73,74,78)(H4,75,76,79)/t38-,39-,46-,50-,51-,52-,53-,54-,55-,56-,57-/m0/s1. The number of H-pyrrole nitrogens is 3. The van der Waals surface area contributed by atoms with Gasteiger partial charge in [-0.3, -0.25) is 53.3 Å². The zero-order chi connectivity index (χ0) is 73.2. The lowest BCUT2D eigenvalue weighted by Crippen LogP contribution is -2.62. The highest BCUT2D eigenvalue weighted by Crippen LogP contribution is 2.24. The van der Waals surface area contributed by atoms with Crippen LogP contribution in [0, 0.1) is 17.8 Å². The third-order valence-corrected chi connectivity index (χ3v) is 17.6. The number of benzene rings is 3. The maximum absolute atomic E-state index is 15.3. The van der Waals surface area contributed by atoms with Gasteiger partial charge in [0.25, 0.3) is 0 Å². The Morgan fingerprint density at radius 2 is 0.720 bits per heavy atom. The van der Waals surface area contributed by atoms with Crippen LogP contribution in [0.3, 0.4) is 0 Å². The zero-order valence-corrected chi connectivity index (χ0v) is 57.7. The van der Waals surface area contributed by atoms with Crippen molar-refractivity contribution in [3.63, 3.8) is 0 Å². The van der Waals surface area contributed by atoms with Crippen LogP contribution in [-0.4, -0.2) is 165 Å². The number of aliphatic carboxylic acids is 1. The minimum absolute atomic E-state index is 0.00840. The highest BCUT2D eigenvalue weighted by atomic mass is 16.4. The van der Waals surface area contributed by atoms with E-state index in [1.807, 2.05) is 87.5 Å². The maximum atomic E-state index is 15.3. The van der Waals surface area contributed by atoms with Gasteiger partial charge in [0, 0.05) is 90.2 Å². The lowest BCUT2D eigenvalue weighted by atomic mass is 9.94. The molecule has 0 unspecified atom stereocenters. The number of nitrogens with two attached hydrogens (primary N) is 7. The molecule has 0 saturated heterocycles. The molecule has 0 aliphatic rings. The molecular formula is C69H101N21O10. The SMILES string of the molecule is CC[C@H](C)[C@H](NC(=O)[C@H](Cc1c[nH]c2ccccc12)NC(=O)[C@@H](NC(=O)[C@H](Cc1c[nH]c2ccccc12)NC(=O)[C@H](CCCN=C(N)N)NC(=O)[C@H](CCCN=C(N)N)NC(=O)[C@@H](N)CCCN=C(N)N)[C@@H](C)CC)C(=O)N[C@@H](CC(C)C)C(=O)N[C@@H](Cc1c[nH]c2ccccc12)C(=O)O. The molecule has 3 aromatic carbocycles. The van der Waals surface area contributed by atoms with Crippen LogP contribution < -0.4 is 82.7 Å². The summed E-state index contributed by atoms with van der Waals surface area (Å²) in [7, 11) is 0. The van der Waals surface area contributed by atoms with Crippen LogP contribution in [0.15, 0.2) is 106 Å². The molecule has 0 radical (unpaired) electrons. The second-order valence-electron chi connectivity index (χ2n) is 25.7. The van der Waals surface area contributed by atoms with Crippen LogP contribution in [0.4, 0.5) is 0 Å². The molecule has 31 nitrogen and oxygen atoms in total. The summed E-state index contributed by atoms with van der Waals surface area (Å²) in [6.07, 6.45) is 6.31. The molecule has 26 N–H and O–H groups in total. The first-order valence-corrected chi connectivity index (χ1v) is 33.9. The summed E-state index contributed by atoms with van der Waals surface area (Å²) in [5.41, 5.74) is 43.7. The van der Waals surface area contributed by atoms with Gasteiger partial charge in [-0.2, -0.15) is 0 Å². The van der Waals surface area contributed by atoms with Gasteiger partial charge in [0.05, 0.1) is 6.04 Å². The number of aromatic nitrogens is 3. The number of aliphatic imine (C=N–C) groups is 3. The van der Waals surface area contributed by atoms with E-state index in [-0.39, 0.29) is 101 Å². The first kappa shape index (κ1) is 78.3. The van der Waals surface area contributed by atoms with Gasteiger partial charge in [-0.15, -0.1) is 0 Å². The number of aromatic amines is 3. The van der Waals surface area contributed by atoms with Crippen LogP contribution in [0.5, 0.6) is 0 Å². The summed E-state index contributed by atoms with van der Waals surface area (Å²) < 4.78 is 0. The van der Waals surface area contributed by atoms with Crippen molar-refractivity contribution in [1.29, 1.82) is 0 Å². The summed E-state index contributed by atoms with van der Waals surface area (Å²) in [5, 5.41) is 35.1. The fourth-order valence-corrected chi connectivity index (χ4v) is 11.6. The normalized spacial score (nSPS) is 14.6. The molecule has 31 heteroatoms. The summed E-state index contributed by atoms with van der Waals surface area (Å²) in [6, 6.07) is 10.1. The quantitative estimate of drug-likeness (QED) is 0.0143. The van der Waals surface area contributed by atoms with E-state index in [1.165, 1.54) is 0 Å². The highest BCUT2D eigenvalue weighted by Gasteiger charge is 2.38. The monoisotopic (exact) mass is 1380 g/mol. The number of hydrogen-bond donors (Lipinski definition) is 19. The van der Waals surface area contributed by atoms with E-state index in [1.54, 1.807) is 45.4 Å². The predicted molar refractivity (Wildman–Crippen MR) is 385 cm³/mol. The number of fused-ring (bicyclic) bond motifs is 3. The second-order valence-corrected chi connectivity index (χ2v) is 25.7. The Labute approximate surface area is 580 Å². The number of nitrogens with zero attached hydrogens (tertiary/aromatic N) is 3. The van der Waals surface area contributed by atoms with Crippen molar-refractivity contribution in [2.75, 3.05) is 19.6 Å². The molecule has 0 bridgehead atoms. The van der Waals surface area contributed by atoms with E-state index in [4.69, 9.17) is 40.1 Å². The number of hydrogen-bond acceptors (Lipinski definition) is 13. The Hall–Kier alpha value is -10.7. The molecule has 3 aromatic heterocycles. The molecule has 542 valence electrons. The van der Waals surface area contributed by atoms with E-state index >= 15 is 14.4 Å². The van der Waals surface area contributed by atoms with Crippen molar-refractivity contribution in [2.45, 2.75) is 173 Å². The van der Waals surface area contributed by atoms with E-state index in [0.717, 1.165) is 32.7 Å². The maximum Gasteiger partial charge on any atom is 0.326 e. The van der Waals surface area contributed by atoms with Gasteiger partial charge in [-0.25, -0.2) is 4.79 Å². The van der Waals surface area contributed by atoms with Crippen LogP contribution in [0.25, 0.3) is 32.7 Å². The second kappa shape index (κ2) is 38.4. The van der Waals surface area contributed by atoms with Crippen molar-refractivity contribution in [2.24, 2.45) is 72.9 Å². The number of para-hydroxylation sites is 3. The average molecular weight is 1380 g/mol. The molecular weight excluding hydrogens is 1280 g/mol. The number of carboxylic acids is 1. The largest absolute Gasteiger partial charge is 0.480 e. The number of guanidine groups is 3. The third kappa shape index (κ3) is 23.5. The molecule has 0 spiro atoms. The van der Waals surface area contributed by atoms with Crippen molar-refractivity contribution in [1.82, 2.24) is 57.5 Å². The minimum atomic E-state index is -1.45. The highest BCUT2D eigenvalue weighted by molar-refractivity contribution is 5.99. The molecule has 0 saturated carbocycles. The van der Waals surface area contributed by atoms with E-state index in [0.29, 0.717) is 36.0 Å². The Morgan fingerprint density at radius 1 is 0.410 bits per heavy atom. The van der Waals surface area contributed by atoms with Gasteiger partial charge in [0.15, 0.2) is 17.9 Å². The molecule has 3 heterocycles. The lowest BCUT2D eigenvalue weighted by Gasteiger charge is -2.31. The van der Waals surface area contributed by atoms with Gasteiger partial charge in [-0.1, -0.05) is 109 Å². The molecule has 0 aliphatic heterocycles. The van der Waals surface area contributed by atoms with E-state index < -0.39 is 119 Å². The molecule has 11 atom stereocenters. The first-order chi connectivity index (χ1) is 47.7. The molecule has 6 rings (SSSR count). The third-order valence-electron chi connectivity index (χ3n) is 17.6. The van der Waals surface area contributed by atoms with Gasteiger partial charge < -0.3 is 103 Å². The van der Waals surface area contributed by atoms with Crippen molar-refractivity contribution >= 4 is 104 Å². The Kier molecular flexibility index (Phi) is 30.1. The van der Waals surface area contributed by atoms with E-state index in [9.17, 15) is 33.9 Å². The van der Waals surface area contributed by atoms with Crippen LogP contribution in [0.2, 0.25) is 0 Å². The van der Waals surface area contributed by atoms with Gasteiger partial charge in [0.1, 0.15) is 48.3 Å². The van der Waals surface area contributed by atoms with Crippen molar-refractivity contribution < 1.29 is 48.3 Å². The van der Waals surface area contributed by atoms with Gasteiger partial charge >= 0.3 is 5.97 Å². The van der Waals surface area contributed by atoms with Crippen LogP contribution in [-0.2, 0) is 62.4 Å². The number of amides is 8. The molecule has 6 aromatic rings. The Balaban J connectivity index is 1.30. The number of carbonyl (C=O) groups is 9. The Bertz CT molecular complexity index is 3850. The summed E-state index contributed by atoms with van der Waals surface area (Å²) in [5.74, 6) is -9.32. The predicted octanol–water partition coefficient (Wildman–Crippen LogP) is 0.748. The summed E-state index contributed by atoms with van der Waals surface area (Å²) >= 11 is 0. The van der Waals surface area contributed by atoms with E-state index in [2.05, 4.69) is 72.5 Å². The number of carbonyl (C=O) groups excluding carboxylic acids is 8. The minimum Gasteiger partial charge on any atom is -0.480 e. The summed E-state index contributed by atoms with van der Waals surface area (Å²) in [4.78, 5) is 152. The molecule has 8 amide bonds. The van der Waals surface area contributed by atoms with Gasteiger partial charge in [0.2, 0.25) is 47.3 Å². The van der Waals surface area contributed by atoms with Crippen molar-refractivity contribution in [3.05, 3.63) is 108 Å². The first-order valence-electron chi connectivity index (χ1n) is 33.9. The molecule has 0 aliphatic carbocycles. The fraction of sp³-hybridized carbons (Fsp3) is 0.478. The fourth-order valence-electron chi connectivity index (χ4n) is 11.6. The van der Waals surface area contributed by atoms with Crippen LogP contribution >= 0.6 is 0 Å². The molecule has 100 heavy (non-hydrogen) atoms. The van der Waals surface area contributed by atoms with Crippen LogP contribution in [0.1, 0.15) is 116 Å². The Morgan fingerprint density at radius 3 is 1.09 bits per heavy atom. The number of nitrogens with one attached hydrogen (secondary N) is 11. The topological polar surface area (TPSA) is 537 Å². The smallest absolute Gasteiger partial charge is 0.326 e. The number of rotatable bonds is 41. The molecule has 0 fully saturated rings. The van der Waals surface area contributed by atoms with Crippen molar-refractivity contribution in [3.8, 4) is 0 Å². The zero-order valence-electron chi connectivity index (χ0n) is 57.7. The number of carboxylic acid groups (broad SMARTS) is 1. The average Bonchev–Trinajstić information content (AvgIpc) is 1.61. The van der Waals surface area contributed by atoms with Gasteiger partial charge in [-0.05, 0) is 97.6 Å². The lowest BCUT2D eigenvalue weighted by molar-refractivity contribution is -0.142. The summed E-state index contributed by atoms with van der Waals surface area (Å²) in [6.45, 7) is 11.1.